The van der Waals surface area contributed by atoms with Gasteiger partial charge in [-0.1, -0.05) is 5.21 Å². The second-order valence-electron chi connectivity index (χ2n) is 6.93. The van der Waals surface area contributed by atoms with Crippen LogP contribution in [0.1, 0.15) is 24.3 Å². The standard InChI is InChI=1S/C17H23N5O3/c23-11-13-8-22(20-19-13)9-14-6-12-3-4-21(14)10-16(12)17(24)18-7-15-2-1-5-25-15/h1-2,5,8,12,14,16,23H,3-4,6-7,9-11H2,(H,18,24)/t12-,14+,16+/m0/s1. The Morgan fingerprint density at radius 3 is 3.08 bits per heavy atom. The molecule has 3 saturated heterocycles. The maximum atomic E-state index is 12.6. The number of aliphatic hydroxyl groups excluding tert-OH is 1. The van der Waals surface area contributed by atoms with Crippen molar-refractivity contribution in [1.29, 1.82) is 0 Å². The molecule has 2 N–H and O–H groups in total. The lowest BCUT2D eigenvalue weighted by Gasteiger charge is -2.49. The van der Waals surface area contributed by atoms with Crippen LogP contribution in [0.3, 0.4) is 0 Å². The molecule has 3 fully saturated rings. The van der Waals surface area contributed by atoms with Crippen molar-refractivity contribution in [3.63, 3.8) is 0 Å². The van der Waals surface area contributed by atoms with Crippen LogP contribution in [-0.2, 0) is 24.5 Å². The normalized spacial score (nSPS) is 28.2. The van der Waals surface area contributed by atoms with Gasteiger partial charge in [-0.15, -0.1) is 5.10 Å². The Balaban J connectivity index is 1.34. The van der Waals surface area contributed by atoms with Crippen LogP contribution in [0.4, 0.5) is 0 Å². The number of nitrogens with one attached hydrogen (secondary N) is 1. The summed E-state index contributed by atoms with van der Waals surface area (Å²) in [6, 6.07) is 4.07. The van der Waals surface area contributed by atoms with Crippen molar-refractivity contribution < 1.29 is 14.3 Å². The van der Waals surface area contributed by atoms with Gasteiger partial charge >= 0.3 is 0 Å². The van der Waals surface area contributed by atoms with Crippen LogP contribution in [0.25, 0.3) is 0 Å². The highest BCUT2D eigenvalue weighted by Gasteiger charge is 2.43. The zero-order valence-corrected chi connectivity index (χ0v) is 14.0. The molecular formula is C17H23N5O3. The molecule has 0 radical (unpaired) electrons. The molecule has 2 aromatic rings. The maximum Gasteiger partial charge on any atom is 0.225 e. The molecule has 4 atom stereocenters. The fourth-order valence-corrected chi connectivity index (χ4v) is 4.06. The molecule has 8 heteroatoms. The van der Waals surface area contributed by atoms with E-state index in [9.17, 15) is 4.79 Å². The average Bonchev–Trinajstić information content (AvgIpc) is 3.32. The van der Waals surface area contributed by atoms with E-state index < -0.39 is 0 Å². The zero-order chi connectivity index (χ0) is 17.2. The molecule has 0 aromatic carbocycles. The van der Waals surface area contributed by atoms with E-state index in [1.54, 1.807) is 17.1 Å². The smallest absolute Gasteiger partial charge is 0.225 e. The highest BCUT2D eigenvalue weighted by molar-refractivity contribution is 5.79. The van der Waals surface area contributed by atoms with E-state index in [0.29, 0.717) is 24.2 Å². The van der Waals surface area contributed by atoms with Crippen molar-refractivity contribution in [2.45, 2.75) is 38.6 Å². The molecule has 2 bridgehead atoms. The van der Waals surface area contributed by atoms with Gasteiger partial charge in [-0.25, -0.2) is 0 Å². The van der Waals surface area contributed by atoms with Crippen LogP contribution in [0, 0.1) is 11.8 Å². The summed E-state index contributed by atoms with van der Waals surface area (Å²) in [7, 11) is 0. The third kappa shape index (κ3) is 3.45. The van der Waals surface area contributed by atoms with Crippen molar-refractivity contribution in [1.82, 2.24) is 25.2 Å². The van der Waals surface area contributed by atoms with Crippen LogP contribution >= 0.6 is 0 Å². The number of amides is 1. The first-order chi connectivity index (χ1) is 12.2. The van der Waals surface area contributed by atoms with Gasteiger partial charge in [-0.05, 0) is 37.4 Å². The second kappa shape index (κ2) is 6.97. The molecule has 0 spiro atoms. The van der Waals surface area contributed by atoms with Gasteiger partial charge in [0.05, 0.1) is 38.1 Å². The second-order valence-corrected chi connectivity index (χ2v) is 6.93. The Hall–Kier alpha value is -2.19. The monoisotopic (exact) mass is 345 g/mol. The first kappa shape index (κ1) is 16.3. The number of piperidine rings is 3. The van der Waals surface area contributed by atoms with Crippen molar-refractivity contribution in [3.8, 4) is 0 Å². The summed E-state index contributed by atoms with van der Waals surface area (Å²) in [5, 5.41) is 20.1. The fraction of sp³-hybridized carbons (Fsp3) is 0.588. The van der Waals surface area contributed by atoms with Crippen LogP contribution < -0.4 is 5.32 Å². The Bertz CT molecular complexity index is 714. The van der Waals surface area contributed by atoms with Crippen LogP contribution in [-0.4, -0.2) is 50.0 Å². The highest BCUT2D eigenvalue weighted by atomic mass is 16.3. The Morgan fingerprint density at radius 1 is 1.48 bits per heavy atom. The lowest BCUT2D eigenvalue weighted by molar-refractivity contribution is -0.133. The summed E-state index contributed by atoms with van der Waals surface area (Å²) < 4.78 is 7.06. The number of rotatable bonds is 6. The predicted octanol–water partition coefficient (Wildman–Crippen LogP) is 0.390. The molecule has 1 unspecified atom stereocenters. The van der Waals surface area contributed by atoms with Gasteiger partial charge in [0.25, 0.3) is 0 Å². The average molecular weight is 345 g/mol. The van der Waals surface area contributed by atoms with Crippen molar-refractivity contribution in [3.05, 3.63) is 36.0 Å². The Labute approximate surface area is 145 Å². The van der Waals surface area contributed by atoms with Crippen LogP contribution in [0.2, 0.25) is 0 Å². The number of fused-ring (bicyclic) bond motifs is 3. The minimum absolute atomic E-state index is 0.0451. The van der Waals surface area contributed by atoms with Gasteiger partial charge in [0.2, 0.25) is 5.91 Å². The van der Waals surface area contributed by atoms with E-state index >= 15 is 0 Å². The summed E-state index contributed by atoms with van der Waals surface area (Å²) in [5.74, 6) is 1.35. The molecule has 3 aliphatic heterocycles. The van der Waals surface area contributed by atoms with Gasteiger partial charge in [0.15, 0.2) is 0 Å². The summed E-state index contributed by atoms with van der Waals surface area (Å²) in [6.45, 7) is 2.93. The number of aliphatic hydroxyl groups is 1. The molecule has 134 valence electrons. The fourth-order valence-electron chi connectivity index (χ4n) is 4.06. The van der Waals surface area contributed by atoms with E-state index in [2.05, 4.69) is 20.5 Å². The number of furan rings is 1. The molecule has 1 amide bonds. The first-order valence-corrected chi connectivity index (χ1v) is 8.77. The van der Waals surface area contributed by atoms with Gasteiger partial charge in [-0.2, -0.15) is 0 Å². The molecule has 25 heavy (non-hydrogen) atoms. The van der Waals surface area contributed by atoms with Gasteiger partial charge in [-0.3, -0.25) is 14.4 Å². The number of hydrogen-bond acceptors (Lipinski definition) is 6. The predicted molar refractivity (Wildman–Crippen MR) is 88.1 cm³/mol. The summed E-state index contributed by atoms with van der Waals surface area (Å²) >= 11 is 0. The van der Waals surface area contributed by atoms with E-state index in [-0.39, 0.29) is 18.4 Å². The van der Waals surface area contributed by atoms with Gasteiger partial charge in [0, 0.05) is 12.6 Å². The number of carbonyl (C=O) groups excluding carboxylic acids is 1. The third-order valence-electron chi connectivity index (χ3n) is 5.38. The van der Waals surface area contributed by atoms with E-state index in [1.165, 1.54) is 0 Å². The first-order valence-electron chi connectivity index (χ1n) is 8.77. The molecule has 3 aliphatic rings. The third-order valence-corrected chi connectivity index (χ3v) is 5.38. The SMILES string of the molecule is O=C(NCc1ccco1)[C@@H]1CN2CC[C@H]1C[C@@H]2Cn1cc(CO)nn1. The molecule has 0 aliphatic carbocycles. The van der Waals surface area contributed by atoms with E-state index in [0.717, 1.165) is 38.2 Å². The zero-order valence-electron chi connectivity index (χ0n) is 14.0. The topological polar surface area (TPSA) is 96.4 Å². The molecule has 5 heterocycles. The minimum Gasteiger partial charge on any atom is -0.467 e. The summed E-state index contributed by atoms with van der Waals surface area (Å²) in [4.78, 5) is 14.9. The lowest BCUT2D eigenvalue weighted by Crippen LogP contribution is -2.57. The van der Waals surface area contributed by atoms with E-state index in [1.807, 2.05) is 12.1 Å². The molecule has 0 saturated carbocycles. The number of nitrogens with zero attached hydrogens (tertiary/aromatic N) is 4. The summed E-state index contributed by atoms with van der Waals surface area (Å²) in [5.41, 5.74) is 0.589. The number of hydrogen-bond donors (Lipinski definition) is 2. The van der Waals surface area contributed by atoms with E-state index in [4.69, 9.17) is 9.52 Å². The molecule has 5 rings (SSSR count). The Kier molecular flexibility index (Phi) is 4.54. The minimum atomic E-state index is -0.0884. The van der Waals surface area contributed by atoms with Gasteiger partial charge < -0.3 is 14.8 Å². The number of aromatic nitrogens is 3. The quantitative estimate of drug-likeness (QED) is 0.786. The molecular weight excluding hydrogens is 322 g/mol. The van der Waals surface area contributed by atoms with Gasteiger partial charge in [0.1, 0.15) is 11.5 Å². The number of carbonyl (C=O) groups is 1. The molecule has 8 nitrogen and oxygen atoms in total. The van der Waals surface area contributed by atoms with Crippen molar-refractivity contribution in [2.75, 3.05) is 13.1 Å². The Morgan fingerprint density at radius 2 is 2.40 bits per heavy atom. The maximum absolute atomic E-state index is 12.6. The highest BCUT2D eigenvalue weighted by Crippen LogP contribution is 2.36. The van der Waals surface area contributed by atoms with Crippen molar-refractivity contribution >= 4 is 5.91 Å². The lowest BCUT2D eigenvalue weighted by atomic mass is 9.75. The largest absolute Gasteiger partial charge is 0.467 e. The van der Waals surface area contributed by atoms with Crippen molar-refractivity contribution in [2.24, 2.45) is 11.8 Å². The van der Waals surface area contributed by atoms with Crippen LogP contribution in [0.15, 0.2) is 29.0 Å². The van der Waals surface area contributed by atoms with Crippen LogP contribution in [0.5, 0.6) is 0 Å². The molecule has 2 aromatic heterocycles. The summed E-state index contributed by atoms with van der Waals surface area (Å²) in [6.07, 6.45) is 5.46.